The van der Waals surface area contributed by atoms with Crippen molar-refractivity contribution in [1.82, 2.24) is 14.7 Å². The van der Waals surface area contributed by atoms with Crippen LogP contribution < -0.4 is 0 Å². The molecule has 1 saturated heterocycles. The smallest absolute Gasteiger partial charge is 0.269 e. The molecule has 2 aromatic carbocycles. The summed E-state index contributed by atoms with van der Waals surface area (Å²) >= 11 is 6.76. The Kier molecular flexibility index (Phi) is 7.00. The van der Waals surface area contributed by atoms with Crippen LogP contribution in [-0.2, 0) is 4.79 Å². The normalized spacial score (nSPS) is 14.9. The van der Waals surface area contributed by atoms with Crippen molar-refractivity contribution in [2.24, 2.45) is 0 Å². The zero-order chi connectivity index (χ0) is 23.4. The molecule has 3 aromatic rings. The molecule has 168 valence electrons. The molecule has 0 aliphatic carbocycles. The van der Waals surface area contributed by atoms with Crippen molar-refractivity contribution >= 4 is 46.0 Å². The van der Waals surface area contributed by atoms with Gasteiger partial charge in [-0.25, -0.2) is 4.68 Å². The Balaban J connectivity index is 1.70. The molecule has 0 unspecified atom stereocenters. The average molecular weight is 479 g/mol. The van der Waals surface area contributed by atoms with Crippen LogP contribution in [-0.4, -0.2) is 36.4 Å². The van der Waals surface area contributed by atoms with Crippen LogP contribution in [0.4, 0.5) is 5.69 Å². The van der Waals surface area contributed by atoms with Crippen molar-refractivity contribution in [1.29, 1.82) is 0 Å². The fraction of sp³-hybridized carbons (Fsp3) is 0.208. The SMILES string of the molecule is CCCCCN1C(=O)/C(=C/c2cn(-c3ccc([N+](=O)[O-])cc3)nc2-c2ccccc2)SC1=S. The number of carbonyl (C=O) groups excluding carboxylic acids is 1. The van der Waals surface area contributed by atoms with Gasteiger partial charge in [0.2, 0.25) is 0 Å². The number of aromatic nitrogens is 2. The maximum Gasteiger partial charge on any atom is 0.269 e. The number of carbonyl (C=O) groups is 1. The van der Waals surface area contributed by atoms with E-state index in [1.807, 2.05) is 42.6 Å². The van der Waals surface area contributed by atoms with E-state index in [1.54, 1.807) is 21.7 Å². The Morgan fingerprint density at radius 1 is 1.12 bits per heavy atom. The second-order valence-electron chi connectivity index (χ2n) is 7.56. The van der Waals surface area contributed by atoms with E-state index in [4.69, 9.17) is 17.3 Å². The fourth-order valence-electron chi connectivity index (χ4n) is 3.53. The van der Waals surface area contributed by atoms with E-state index in [0.717, 1.165) is 30.4 Å². The highest BCUT2D eigenvalue weighted by molar-refractivity contribution is 8.26. The van der Waals surface area contributed by atoms with Crippen molar-refractivity contribution in [2.45, 2.75) is 26.2 Å². The van der Waals surface area contributed by atoms with E-state index >= 15 is 0 Å². The Bertz CT molecular complexity index is 1220. The molecule has 1 fully saturated rings. The Labute approximate surface area is 201 Å². The van der Waals surface area contributed by atoms with Crippen molar-refractivity contribution in [3.8, 4) is 16.9 Å². The van der Waals surface area contributed by atoms with Gasteiger partial charge in [-0.15, -0.1) is 0 Å². The number of hydrogen-bond donors (Lipinski definition) is 0. The highest BCUT2D eigenvalue weighted by Gasteiger charge is 2.32. The Hall–Kier alpha value is -3.30. The Morgan fingerprint density at radius 3 is 2.52 bits per heavy atom. The molecule has 0 bridgehead atoms. The second-order valence-corrected chi connectivity index (χ2v) is 9.23. The lowest BCUT2D eigenvalue weighted by Gasteiger charge is -2.13. The largest absolute Gasteiger partial charge is 0.293 e. The minimum Gasteiger partial charge on any atom is -0.293 e. The molecule has 0 spiro atoms. The van der Waals surface area contributed by atoms with E-state index in [-0.39, 0.29) is 11.6 Å². The topological polar surface area (TPSA) is 81.3 Å². The molecule has 4 rings (SSSR count). The van der Waals surface area contributed by atoms with E-state index in [0.29, 0.717) is 27.2 Å². The standard InChI is InChI=1S/C24H22N4O3S2/c1-2-3-7-14-26-23(29)21(33-24(26)32)15-18-16-27(19-10-12-20(13-11-19)28(30)31)25-22(18)17-8-5-4-6-9-17/h4-6,8-13,15-16H,2-3,7,14H2,1H3/b21-15-. The highest BCUT2D eigenvalue weighted by Crippen LogP contribution is 2.35. The molecule has 2 heterocycles. The molecule has 7 nitrogen and oxygen atoms in total. The number of non-ortho nitro benzene ring substituents is 1. The van der Waals surface area contributed by atoms with E-state index in [1.165, 1.54) is 23.9 Å². The van der Waals surface area contributed by atoms with E-state index in [9.17, 15) is 14.9 Å². The number of rotatable bonds is 8. The van der Waals surface area contributed by atoms with E-state index < -0.39 is 4.92 Å². The summed E-state index contributed by atoms with van der Waals surface area (Å²) in [7, 11) is 0. The van der Waals surface area contributed by atoms with E-state index in [2.05, 4.69) is 6.92 Å². The predicted octanol–water partition coefficient (Wildman–Crippen LogP) is 5.84. The molecule has 1 aliphatic rings. The average Bonchev–Trinajstić information content (AvgIpc) is 3.36. The summed E-state index contributed by atoms with van der Waals surface area (Å²) in [6.07, 6.45) is 6.70. The monoisotopic (exact) mass is 478 g/mol. The third-order valence-corrected chi connectivity index (χ3v) is 6.64. The summed E-state index contributed by atoms with van der Waals surface area (Å²) in [5.74, 6) is -0.0804. The minimum atomic E-state index is -0.434. The van der Waals surface area contributed by atoms with Crippen LogP contribution >= 0.6 is 24.0 Å². The van der Waals surface area contributed by atoms with Gasteiger partial charge < -0.3 is 0 Å². The first-order valence-electron chi connectivity index (χ1n) is 10.6. The lowest BCUT2D eigenvalue weighted by molar-refractivity contribution is -0.384. The number of nitrogens with zero attached hydrogens (tertiary/aromatic N) is 4. The zero-order valence-electron chi connectivity index (χ0n) is 18.0. The Morgan fingerprint density at radius 2 is 1.85 bits per heavy atom. The number of benzene rings is 2. The first-order chi connectivity index (χ1) is 16.0. The molecule has 33 heavy (non-hydrogen) atoms. The molecule has 0 saturated carbocycles. The predicted molar refractivity (Wildman–Crippen MR) is 135 cm³/mol. The van der Waals surface area contributed by atoms with Gasteiger partial charge in [0, 0.05) is 36.0 Å². The van der Waals surface area contributed by atoms with Crippen LogP contribution in [0.15, 0.2) is 65.7 Å². The summed E-state index contributed by atoms with van der Waals surface area (Å²) in [6, 6.07) is 15.9. The third-order valence-electron chi connectivity index (χ3n) is 5.26. The van der Waals surface area contributed by atoms with Gasteiger partial charge in [-0.1, -0.05) is 74.1 Å². The zero-order valence-corrected chi connectivity index (χ0v) is 19.6. The van der Waals surface area contributed by atoms with Crippen molar-refractivity contribution in [2.75, 3.05) is 6.54 Å². The molecular formula is C24H22N4O3S2. The van der Waals surface area contributed by atoms with Crippen molar-refractivity contribution in [3.05, 3.63) is 81.4 Å². The van der Waals surface area contributed by atoms with Gasteiger partial charge in [0.1, 0.15) is 4.32 Å². The molecule has 0 N–H and O–H groups in total. The van der Waals surface area contributed by atoms with Crippen LogP contribution in [0.3, 0.4) is 0 Å². The number of thioether (sulfide) groups is 1. The second kappa shape index (κ2) is 10.1. The van der Waals surface area contributed by atoms with Gasteiger partial charge in [-0.3, -0.25) is 19.8 Å². The molecular weight excluding hydrogens is 456 g/mol. The summed E-state index contributed by atoms with van der Waals surface area (Å²) in [6.45, 7) is 2.75. The van der Waals surface area contributed by atoms with Gasteiger partial charge in [0.15, 0.2) is 0 Å². The number of thiocarbonyl (C=S) groups is 1. The molecule has 1 aliphatic heterocycles. The number of hydrogen-bond acceptors (Lipinski definition) is 6. The summed E-state index contributed by atoms with van der Waals surface area (Å²) in [4.78, 5) is 25.8. The fourth-order valence-corrected chi connectivity index (χ4v) is 4.83. The molecule has 9 heteroatoms. The number of amides is 1. The van der Waals surface area contributed by atoms with Gasteiger partial charge in [-0.05, 0) is 24.6 Å². The number of unbranched alkanes of at least 4 members (excludes halogenated alkanes) is 2. The number of nitro benzene ring substituents is 1. The van der Waals surface area contributed by atoms with Crippen LogP contribution in [0.25, 0.3) is 23.0 Å². The maximum absolute atomic E-state index is 13.0. The van der Waals surface area contributed by atoms with Crippen LogP contribution in [0.2, 0.25) is 0 Å². The third kappa shape index (κ3) is 5.04. The quantitative estimate of drug-likeness (QED) is 0.133. The van der Waals surface area contributed by atoms with Crippen LogP contribution in [0.5, 0.6) is 0 Å². The maximum atomic E-state index is 13.0. The van der Waals surface area contributed by atoms with Gasteiger partial charge in [0.05, 0.1) is 21.2 Å². The van der Waals surface area contributed by atoms with Crippen molar-refractivity contribution in [3.63, 3.8) is 0 Å². The van der Waals surface area contributed by atoms with Crippen molar-refractivity contribution < 1.29 is 9.72 Å². The summed E-state index contributed by atoms with van der Waals surface area (Å²) < 4.78 is 2.24. The summed E-state index contributed by atoms with van der Waals surface area (Å²) in [5, 5.41) is 15.7. The van der Waals surface area contributed by atoms with Gasteiger partial charge in [0.25, 0.3) is 11.6 Å². The lowest BCUT2D eigenvalue weighted by atomic mass is 10.1. The van der Waals surface area contributed by atoms with Crippen LogP contribution in [0, 0.1) is 10.1 Å². The first-order valence-corrected chi connectivity index (χ1v) is 11.9. The molecule has 0 atom stereocenters. The molecule has 0 radical (unpaired) electrons. The number of nitro groups is 1. The van der Waals surface area contributed by atoms with Gasteiger partial charge in [-0.2, -0.15) is 5.10 Å². The van der Waals surface area contributed by atoms with Gasteiger partial charge >= 0.3 is 0 Å². The summed E-state index contributed by atoms with van der Waals surface area (Å²) in [5.41, 5.74) is 3.09. The molecule has 1 amide bonds. The highest BCUT2D eigenvalue weighted by atomic mass is 32.2. The van der Waals surface area contributed by atoms with Crippen LogP contribution in [0.1, 0.15) is 31.7 Å². The molecule has 1 aromatic heterocycles. The first kappa shape index (κ1) is 22.9. The minimum absolute atomic E-state index is 0.0150. The lowest BCUT2D eigenvalue weighted by Crippen LogP contribution is -2.28.